The van der Waals surface area contributed by atoms with Crippen molar-refractivity contribution >= 4 is 11.8 Å². The third-order valence-corrected chi connectivity index (χ3v) is 5.29. The van der Waals surface area contributed by atoms with Gasteiger partial charge in [-0.3, -0.25) is 0 Å². The Morgan fingerprint density at radius 3 is 3.04 bits per heavy atom. The van der Waals surface area contributed by atoms with Crippen LogP contribution in [0.1, 0.15) is 35.7 Å². The number of hydrogen-bond donors (Lipinski definition) is 0. The van der Waals surface area contributed by atoms with Crippen molar-refractivity contribution in [2.75, 3.05) is 7.11 Å². The summed E-state index contributed by atoms with van der Waals surface area (Å²) >= 11 is 1.63. The van der Waals surface area contributed by atoms with Gasteiger partial charge in [0.2, 0.25) is 0 Å². The van der Waals surface area contributed by atoms with E-state index in [1.165, 1.54) is 23.2 Å². The molecule has 0 N–H and O–H groups in total. The molecule has 4 heteroatoms. The maximum absolute atomic E-state index is 9.44. The van der Waals surface area contributed by atoms with Gasteiger partial charge in [-0.2, -0.15) is 5.26 Å². The summed E-state index contributed by atoms with van der Waals surface area (Å²) in [5.74, 6) is 2.33. The zero-order valence-corrected chi connectivity index (χ0v) is 14.3. The van der Waals surface area contributed by atoms with E-state index < -0.39 is 0 Å². The summed E-state index contributed by atoms with van der Waals surface area (Å²) in [5.41, 5.74) is 4.30. The standard InChI is InChI=1S/C19H20N2OS/c1-13-6-7-18-15(8-13)10-16(11-20)19(21-18)23-12-14-4-3-5-17(9-14)22-2/h3-5,9-10,13H,6-8,12H2,1-2H3. The average molecular weight is 324 g/mol. The number of pyridine rings is 1. The fraction of sp³-hybridized carbons (Fsp3) is 0.368. The normalized spacial score (nSPS) is 16.5. The molecule has 1 aromatic heterocycles. The van der Waals surface area contributed by atoms with Crippen LogP contribution in [0.2, 0.25) is 0 Å². The molecule has 1 unspecified atom stereocenters. The molecule has 1 atom stereocenters. The molecule has 0 amide bonds. The minimum atomic E-state index is 0.686. The second-order valence-corrected chi connectivity index (χ2v) is 7.01. The van der Waals surface area contributed by atoms with E-state index in [2.05, 4.69) is 19.1 Å². The van der Waals surface area contributed by atoms with Gasteiger partial charge in [0.15, 0.2) is 0 Å². The molecule has 0 aliphatic heterocycles. The summed E-state index contributed by atoms with van der Waals surface area (Å²) in [5, 5.41) is 10.3. The first-order chi connectivity index (χ1) is 11.2. The number of thioether (sulfide) groups is 1. The van der Waals surface area contributed by atoms with Crippen LogP contribution in [0.3, 0.4) is 0 Å². The van der Waals surface area contributed by atoms with Crippen molar-refractivity contribution < 1.29 is 4.74 Å². The van der Waals surface area contributed by atoms with Crippen LogP contribution >= 0.6 is 11.8 Å². The number of rotatable bonds is 4. The number of hydrogen-bond acceptors (Lipinski definition) is 4. The second-order valence-electron chi connectivity index (χ2n) is 6.05. The van der Waals surface area contributed by atoms with Gasteiger partial charge in [0.1, 0.15) is 16.8 Å². The van der Waals surface area contributed by atoms with E-state index in [1.54, 1.807) is 18.9 Å². The van der Waals surface area contributed by atoms with Crippen LogP contribution < -0.4 is 4.74 Å². The highest BCUT2D eigenvalue weighted by Crippen LogP contribution is 2.31. The van der Waals surface area contributed by atoms with Crippen molar-refractivity contribution in [2.24, 2.45) is 5.92 Å². The van der Waals surface area contributed by atoms with Gasteiger partial charge in [0.05, 0.1) is 12.7 Å². The molecule has 118 valence electrons. The molecule has 1 aromatic carbocycles. The summed E-state index contributed by atoms with van der Waals surface area (Å²) in [4.78, 5) is 4.79. The summed E-state index contributed by atoms with van der Waals surface area (Å²) in [7, 11) is 1.67. The summed E-state index contributed by atoms with van der Waals surface area (Å²) in [6.07, 6.45) is 3.25. The van der Waals surface area contributed by atoms with E-state index in [-0.39, 0.29) is 0 Å². The van der Waals surface area contributed by atoms with Crippen molar-refractivity contribution in [1.29, 1.82) is 5.26 Å². The molecule has 23 heavy (non-hydrogen) atoms. The SMILES string of the molecule is COc1cccc(CSc2nc3c(cc2C#N)CC(C)CC3)c1. The Morgan fingerprint density at radius 1 is 1.39 bits per heavy atom. The van der Waals surface area contributed by atoms with Crippen LogP contribution in [0, 0.1) is 17.2 Å². The van der Waals surface area contributed by atoms with Gasteiger partial charge in [-0.1, -0.05) is 19.1 Å². The topological polar surface area (TPSA) is 45.9 Å². The van der Waals surface area contributed by atoms with E-state index in [9.17, 15) is 5.26 Å². The summed E-state index contributed by atoms with van der Waals surface area (Å²) in [6, 6.07) is 12.4. The third-order valence-electron chi connectivity index (χ3n) is 4.23. The zero-order chi connectivity index (χ0) is 16.2. The Balaban J connectivity index is 1.81. The van der Waals surface area contributed by atoms with E-state index in [0.717, 1.165) is 29.4 Å². The van der Waals surface area contributed by atoms with Crippen molar-refractivity contribution in [3.8, 4) is 11.8 Å². The number of fused-ring (bicyclic) bond motifs is 1. The van der Waals surface area contributed by atoms with Crippen LogP contribution in [-0.4, -0.2) is 12.1 Å². The van der Waals surface area contributed by atoms with Crippen LogP contribution in [0.25, 0.3) is 0 Å². The molecule has 2 aromatic rings. The Kier molecular flexibility index (Phi) is 4.88. The average Bonchev–Trinajstić information content (AvgIpc) is 2.59. The molecule has 1 aliphatic rings. The van der Waals surface area contributed by atoms with Gasteiger partial charge < -0.3 is 4.74 Å². The molecule has 1 aliphatic carbocycles. The Bertz CT molecular complexity index is 752. The van der Waals surface area contributed by atoms with Crippen molar-refractivity contribution in [3.05, 3.63) is 52.7 Å². The Labute approximate surface area is 141 Å². The number of nitrogens with zero attached hydrogens (tertiary/aromatic N) is 2. The smallest absolute Gasteiger partial charge is 0.119 e. The quantitative estimate of drug-likeness (QED) is 0.783. The maximum atomic E-state index is 9.44. The highest BCUT2D eigenvalue weighted by molar-refractivity contribution is 7.98. The number of aryl methyl sites for hydroxylation is 1. The zero-order valence-electron chi connectivity index (χ0n) is 13.5. The van der Waals surface area contributed by atoms with Crippen LogP contribution in [0.15, 0.2) is 35.4 Å². The summed E-state index contributed by atoms with van der Waals surface area (Å²) in [6.45, 7) is 2.26. The third kappa shape index (κ3) is 3.68. The lowest BCUT2D eigenvalue weighted by Crippen LogP contribution is -2.14. The van der Waals surface area contributed by atoms with E-state index in [1.807, 2.05) is 24.3 Å². The van der Waals surface area contributed by atoms with Gasteiger partial charge in [0, 0.05) is 11.4 Å². The summed E-state index contributed by atoms with van der Waals surface area (Å²) < 4.78 is 5.26. The van der Waals surface area contributed by atoms with E-state index >= 15 is 0 Å². The highest BCUT2D eigenvalue weighted by atomic mass is 32.2. The largest absolute Gasteiger partial charge is 0.497 e. The lowest BCUT2D eigenvalue weighted by atomic mass is 9.87. The Hall–Kier alpha value is -1.99. The van der Waals surface area contributed by atoms with Gasteiger partial charge in [-0.25, -0.2) is 4.98 Å². The van der Waals surface area contributed by atoms with Crippen LogP contribution in [0.5, 0.6) is 5.75 Å². The fourth-order valence-corrected chi connectivity index (χ4v) is 3.85. The second kappa shape index (κ2) is 7.06. The molecule has 0 fully saturated rings. The molecule has 0 saturated heterocycles. The van der Waals surface area contributed by atoms with Crippen LogP contribution in [-0.2, 0) is 18.6 Å². The lowest BCUT2D eigenvalue weighted by Gasteiger charge is -2.21. The number of nitriles is 1. The molecular formula is C19H20N2OS. The van der Waals surface area contributed by atoms with Crippen molar-refractivity contribution in [2.45, 2.75) is 37.0 Å². The number of ether oxygens (including phenoxy) is 1. The molecule has 0 spiro atoms. The Morgan fingerprint density at radius 2 is 2.26 bits per heavy atom. The minimum absolute atomic E-state index is 0.686. The van der Waals surface area contributed by atoms with Gasteiger partial charge >= 0.3 is 0 Å². The predicted octanol–water partition coefficient (Wildman–Crippen LogP) is 4.38. The van der Waals surface area contributed by atoms with Gasteiger partial charge in [-0.05, 0) is 54.5 Å². The molecule has 1 heterocycles. The molecular weight excluding hydrogens is 304 g/mol. The molecule has 0 bridgehead atoms. The minimum Gasteiger partial charge on any atom is -0.497 e. The van der Waals surface area contributed by atoms with Gasteiger partial charge in [0.25, 0.3) is 0 Å². The van der Waals surface area contributed by atoms with E-state index in [4.69, 9.17) is 9.72 Å². The monoisotopic (exact) mass is 324 g/mol. The highest BCUT2D eigenvalue weighted by Gasteiger charge is 2.19. The first kappa shape index (κ1) is 15.9. The van der Waals surface area contributed by atoms with E-state index in [0.29, 0.717) is 11.5 Å². The predicted molar refractivity (Wildman–Crippen MR) is 92.7 cm³/mol. The number of aromatic nitrogens is 1. The van der Waals surface area contributed by atoms with Gasteiger partial charge in [-0.15, -0.1) is 11.8 Å². The maximum Gasteiger partial charge on any atom is 0.119 e. The number of methoxy groups -OCH3 is 1. The first-order valence-electron chi connectivity index (χ1n) is 7.88. The molecule has 3 rings (SSSR count). The number of benzene rings is 1. The first-order valence-corrected chi connectivity index (χ1v) is 8.86. The molecule has 0 radical (unpaired) electrons. The lowest BCUT2D eigenvalue weighted by molar-refractivity contribution is 0.414. The molecule has 0 saturated carbocycles. The fourth-order valence-electron chi connectivity index (χ4n) is 2.93. The van der Waals surface area contributed by atoms with Crippen molar-refractivity contribution in [3.63, 3.8) is 0 Å². The van der Waals surface area contributed by atoms with Crippen molar-refractivity contribution in [1.82, 2.24) is 4.98 Å². The van der Waals surface area contributed by atoms with Crippen LogP contribution in [0.4, 0.5) is 0 Å². The molecule has 3 nitrogen and oxygen atoms in total.